The van der Waals surface area contributed by atoms with Gasteiger partial charge in [-0.2, -0.15) is 0 Å². The molecule has 4 aromatic rings. The van der Waals surface area contributed by atoms with Crippen LogP contribution in [0.4, 0.5) is 0 Å². The number of methoxy groups -OCH3 is 1. The van der Waals surface area contributed by atoms with Crippen molar-refractivity contribution >= 4 is 21.8 Å². The maximum absolute atomic E-state index is 5.35. The average molecular weight is 402 g/mol. The lowest BCUT2D eigenvalue weighted by Crippen LogP contribution is -2.31. The molecule has 0 amide bonds. The van der Waals surface area contributed by atoms with E-state index in [1.807, 2.05) is 12.1 Å². The van der Waals surface area contributed by atoms with Crippen LogP contribution < -0.4 is 10.1 Å². The van der Waals surface area contributed by atoms with Gasteiger partial charge in [0.05, 0.1) is 12.6 Å². The Balaban J connectivity index is 1.69. The summed E-state index contributed by atoms with van der Waals surface area (Å²) in [6, 6.07) is 21.5. The first-order valence-electron chi connectivity index (χ1n) is 10.8. The third kappa shape index (κ3) is 4.20. The molecule has 1 heterocycles. The van der Waals surface area contributed by atoms with E-state index < -0.39 is 0 Å². The monoisotopic (exact) mass is 401 g/mol. The number of nitrogens with zero attached hydrogens (tertiary/aromatic N) is 1. The number of H-pyrrole nitrogens is 1. The lowest BCUT2D eigenvalue weighted by atomic mass is 9.98. The smallest absolute Gasteiger partial charge is 0.118 e. The molecular formula is C26H31N3O. The lowest BCUT2D eigenvalue weighted by molar-refractivity contribution is 0.302. The highest BCUT2D eigenvalue weighted by atomic mass is 16.5. The van der Waals surface area contributed by atoms with Crippen molar-refractivity contribution < 1.29 is 4.74 Å². The predicted molar refractivity (Wildman–Crippen MR) is 127 cm³/mol. The summed E-state index contributed by atoms with van der Waals surface area (Å²) in [5.74, 6) is 0.876. The molecule has 156 valence electrons. The summed E-state index contributed by atoms with van der Waals surface area (Å²) in [4.78, 5) is 6.08. The molecule has 2 N–H and O–H groups in total. The number of ether oxygens (including phenoxy) is 1. The van der Waals surface area contributed by atoms with Crippen LogP contribution >= 0.6 is 0 Å². The van der Waals surface area contributed by atoms with Crippen molar-refractivity contribution in [2.75, 3.05) is 33.3 Å². The molecule has 0 unspecified atom stereocenters. The number of nitrogens with one attached hydrogen (secondary N) is 2. The Labute approximate surface area is 178 Å². The van der Waals surface area contributed by atoms with Gasteiger partial charge in [-0.1, -0.05) is 44.2 Å². The zero-order chi connectivity index (χ0) is 20.9. The fraction of sp³-hybridized carbons (Fsp3) is 0.308. The van der Waals surface area contributed by atoms with Gasteiger partial charge in [0.1, 0.15) is 5.75 Å². The highest BCUT2D eigenvalue weighted by Crippen LogP contribution is 2.35. The van der Waals surface area contributed by atoms with Crippen LogP contribution in [-0.2, 0) is 6.54 Å². The third-order valence-corrected chi connectivity index (χ3v) is 5.90. The first-order valence-corrected chi connectivity index (χ1v) is 10.8. The predicted octanol–water partition coefficient (Wildman–Crippen LogP) is 5.43. The fourth-order valence-electron chi connectivity index (χ4n) is 4.12. The Bertz CT molecular complexity index is 1110. The van der Waals surface area contributed by atoms with Crippen molar-refractivity contribution in [2.45, 2.75) is 20.4 Å². The third-order valence-electron chi connectivity index (χ3n) is 5.90. The summed E-state index contributed by atoms with van der Waals surface area (Å²) in [5.41, 5.74) is 6.09. The number of fused-ring (bicyclic) bond motifs is 3. The molecule has 0 atom stereocenters. The second-order valence-electron chi connectivity index (χ2n) is 7.67. The van der Waals surface area contributed by atoms with E-state index in [9.17, 15) is 0 Å². The molecule has 0 aliphatic heterocycles. The molecule has 0 radical (unpaired) electrons. The molecule has 3 aromatic carbocycles. The van der Waals surface area contributed by atoms with Crippen molar-refractivity contribution in [3.8, 4) is 16.9 Å². The van der Waals surface area contributed by atoms with E-state index in [0.717, 1.165) is 38.5 Å². The summed E-state index contributed by atoms with van der Waals surface area (Å²) < 4.78 is 5.35. The van der Waals surface area contributed by atoms with Gasteiger partial charge in [0.15, 0.2) is 0 Å². The molecule has 0 aliphatic rings. The molecular weight excluding hydrogens is 370 g/mol. The molecule has 4 heteroatoms. The Morgan fingerprint density at radius 2 is 1.70 bits per heavy atom. The molecule has 0 saturated heterocycles. The normalized spacial score (nSPS) is 11.6. The standard InChI is InChI=1S/C26H31N3O/c1-4-29(5-2)15-14-27-18-19-16-23(20-10-12-21(30-3)13-11-20)26-24(17-19)22-8-6-7-9-25(22)28-26/h6-13,16-17,27-28H,4-5,14-15,18H2,1-3H3. The van der Waals surface area contributed by atoms with Crippen LogP contribution in [0.2, 0.25) is 0 Å². The number of aromatic nitrogens is 1. The van der Waals surface area contributed by atoms with Gasteiger partial charge in [0.25, 0.3) is 0 Å². The minimum absolute atomic E-state index is 0.861. The molecule has 4 nitrogen and oxygen atoms in total. The van der Waals surface area contributed by atoms with Crippen molar-refractivity contribution in [1.29, 1.82) is 0 Å². The van der Waals surface area contributed by atoms with Crippen LogP contribution in [0.5, 0.6) is 5.75 Å². The van der Waals surface area contributed by atoms with E-state index in [0.29, 0.717) is 0 Å². The Kier molecular flexibility index (Phi) is 6.36. The number of aromatic amines is 1. The van der Waals surface area contributed by atoms with E-state index in [1.54, 1.807) is 7.11 Å². The quantitative estimate of drug-likeness (QED) is 0.368. The molecule has 0 fully saturated rings. The SMILES string of the molecule is CCN(CC)CCNCc1cc(-c2ccc(OC)cc2)c2[nH]c3ccccc3c2c1. The minimum atomic E-state index is 0.861. The first kappa shape index (κ1) is 20.5. The van der Waals surface area contributed by atoms with E-state index in [4.69, 9.17) is 4.74 Å². The highest BCUT2D eigenvalue weighted by Gasteiger charge is 2.12. The number of benzene rings is 3. The zero-order valence-corrected chi connectivity index (χ0v) is 18.2. The number of likely N-dealkylation sites (N-methyl/N-ethyl adjacent to an activating group) is 1. The second-order valence-corrected chi connectivity index (χ2v) is 7.67. The molecule has 0 bridgehead atoms. The van der Waals surface area contributed by atoms with Crippen LogP contribution in [0.25, 0.3) is 32.9 Å². The highest BCUT2D eigenvalue weighted by molar-refractivity contribution is 6.12. The number of para-hydroxylation sites is 1. The van der Waals surface area contributed by atoms with E-state index in [1.165, 1.54) is 38.5 Å². The van der Waals surface area contributed by atoms with Crippen molar-refractivity contribution in [1.82, 2.24) is 15.2 Å². The maximum atomic E-state index is 5.35. The molecule has 0 spiro atoms. The minimum Gasteiger partial charge on any atom is -0.497 e. The second kappa shape index (κ2) is 9.33. The molecule has 0 aliphatic carbocycles. The summed E-state index contributed by atoms with van der Waals surface area (Å²) in [7, 11) is 1.70. The summed E-state index contributed by atoms with van der Waals surface area (Å²) in [5, 5.41) is 6.18. The van der Waals surface area contributed by atoms with Crippen molar-refractivity contribution in [3.63, 3.8) is 0 Å². The van der Waals surface area contributed by atoms with Gasteiger partial charge in [-0.05, 0) is 54.5 Å². The first-order chi connectivity index (χ1) is 14.7. The van der Waals surface area contributed by atoms with E-state index >= 15 is 0 Å². The summed E-state index contributed by atoms with van der Waals surface area (Å²) in [6.45, 7) is 9.56. The molecule has 30 heavy (non-hydrogen) atoms. The van der Waals surface area contributed by atoms with Crippen LogP contribution in [0, 0.1) is 0 Å². The Morgan fingerprint density at radius 1 is 0.933 bits per heavy atom. The van der Waals surface area contributed by atoms with Gasteiger partial charge in [0, 0.05) is 41.5 Å². The van der Waals surface area contributed by atoms with Crippen LogP contribution in [0.1, 0.15) is 19.4 Å². The number of hydrogen-bond donors (Lipinski definition) is 2. The maximum Gasteiger partial charge on any atom is 0.118 e. The number of hydrogen-bond acceptors (Lipinski definition) is 3. The Hall–Kier alpha value is -2.82. The van der Waals surface area contributed by atoms with Gasteiger partial charge >= 0.3 is 0 Å². The topological polar surface area (TPSA) is 40.3 Å². The van der Waals surface area contributed by atoms with Crippen molar-refractivity contribution in [2.24, 2.45) is 0 Å². The van der Waals surface area contributed by atoms with Gasteiger partial charge in [-0.3, -0.25) is 0 Å². The fourth-order valence-corrected chi connectivity index (χ4v) is 4.12. The van der Waals surface area contributed by atoms with Crippen LogP contribution in [0.3, 0.4) is 0 Å². The van der Waals surface area contributed by atoms with Crippen LogP contribution in [-0.4, -0.2) is 43.2 Å². The van der Waals surface area contributed by atoms with Gasteiger partial charge in [-0.15, -0.1) is 0 Å². The number of rotatable bonds is 9. The van der Waals surface area contributed by atoms with Crippen LogP contribution in [0.15, 0.2) is 60.7 Å². The van der Waals surface area contributed by atoms with Gasteiger partial charge in [0.2, 0.25) is 0 Å². The van der Waals surface area contributed by atoms with Gasteiger partial charge < -0.3 is 19.9 Å². The summed E-state index contributed by atoms with van der Waals surface area (Å²) >= 11 is 0. The van der Waals surface area contributed by atoms with E-state index in [-0.39, 0.29) is 0 Å². The zero-order valence-electron chi connectivity index (χ0n) is 18.2. The van der Waals surface area contributed by atoms with Gasteiger partial charge in [-0.25, -0.2) is 0 Å². The summed E-state index contributed by atoms with van der Waals surface area (Å²) in [6.07, 6.45) is 0. The largest absolute Gasteiger partial charge is 0.497 e. The van der Waals surface area contributed by atoms with Crippen molar-refractivity contribution in [3.05, 3.63) is 66.2 Å². The average Bonchev–Trinajstić information content (AvgIpc) is 3.17. The Morgan fingerprint density at radius 3 is 2.43 bits per heavy atom. The molecule has 4 rings (SSSR count). The molecule has 1 aromatic heterocycles. The lowest BCUT2D eigenvalue weighted by Gasteiger charge is -2.18. The van der Waals surface area contributed by atoms with E-state index in [2.05, 4.69) is 77.6 Å². The molecule has 0 saturated carbocycles.